The Bertz CT molecular complexity index is 622. The van der Waals surface area contributed by atoms with E-state index in [9.17, 15) is 4.79 Å². The zero-order chi connectivity index (χ0) is 14.7. The Balaban J connectivity index is 2.13. The average Bonchev–Trinajstić information content (AvgIpc) is 2.90. The number of benzene rings is 1. The minimum Gasteiger partial charge on any atom is -0.390 e. The number of carbonyl (C=O) groups excluding carboxylic acids is 1. The zero-order valence-corrected chi connectivity index (χ0v) is 12.6. The summed E-state index contributed by atoms with van der Waals surface area (Å²) in [6, 6.07) is 5.96. The fourth-order valence-electron chi connectivity index (χ4n) is 1.82. The van der Waals surface area contributed by atoms with Gasteiger partial charge in [-0.05, 0) is 38.0 Å². The highest BCUT2D eigenvalue weighted by atomic mass is 32.1. The van der Waals surface area contributed by atoms with Crippen molar-refractivity contribution in [3.05, 3.63) is 45.4 Å². The van der Waals surface area contributed by atoms with Gasteiger partial charge in [-0.1, -0.05) is 12.1 Å². The molecular weight excluding hydrogens is 272 g/mol. The number of rotatable bonds is 4. The molecule has 0 aliphatic heterocycles. The maximum Gasteiger partial charge on any atom is 0.234 e. The van der Waals surface area contributed by atoms with Gasteiger partial charge in [-0.15, -0.1) is 11.3 Å². The van der Waals surface area contributed by atoms with Gasteiger partial charge in [0.25, 0.3) is 0 Å². The highest BCUT2D eigenvalue weighted by Gasteiger charge is 2.19. The lowest BCUT2D eigenvalue weighted by Crippen LogP contribution is -2.19. The van der Waals surface area contributed by atoms with Crippen molar-refractivity contribution in [1.29, 1.82) is 0 Å². The van der Waals surface area contributed by atoms with E-state index in [4.69, 9.17) is 5.11 Å². The van der Waals surface area contributed by atoms with Crippen LogP contribution < -0.4 is 5.32 Å². The lowest BCUT2D eigenvalue weighted by molar-refractivity contribution is -0.117. The molecule has 0 aliphatic carbocycles. The van der Waals surface area contributed by atoms with Crippen molar-refractivity contribution in [2.45, 2.75) is 33.3 Å². The number of aryl methyl sites for hydroxylation is 2. The van der Waals surface area contributed by atoms with Gasteiger partial charge in [-0.25, -0.2) is 4.98 Å². The van der Waals surface area contributed by atoms with Crippen LogP contribution in [0.5, 0.6) is 0 Å². The zero-order valence-electron chi connectivity index (χ0n) is 11.8. The first-order valence-corrected chi connectivity index (χ1v) is 7.32. The van der Waals surface area contributed by atoms with Crippen LogP contribution in [0, 0.1) is 13.8 Å². The minimum absolute atomic E-state index is 0.0856. The molecule has 0 saturated carbocycles. The van der Waals surface area contributed by atoms with E-state index in [1.54, 1.807) is 5.38 Å². The van der Waals surface area contributed by atoms with Crippen LogP contribution in [-0.4, -0.2) is 16.0 Å². The summed E-state index contributed by atoms with van der Waals surface area (Å²) in [6.07, 6.45) is 0. The number of thiazole rings is 1. The molecule has 1 amide bonds. The SMILES string of the molecule is Cc1ccc(C)c(NC(=O)C(C)c2nc(CO)cs2)c1. The number of carbonyl (C=O) groups is 1. The number of aliphatic hydroxyl groups excluding tert-OH is 1. The van der Waals surface area contributed by atoms with Crippen molar-refractivity contribution in [2.24, 2.45) is 0 Å². The van der Waals surface area contributed by atoms with Crippen molar-refractivity contribution >= 4 is 22.9 Å². The van der Waals surface area contributed by atoms with E-state index in [0.717, 1.165) is 21.8 Å². The summed E-state index contributed by atoms with van der Waals surface area (Å²) in [5.74, 6) is -0.419. The molecule has 20 heavy (non-hydrogen) atoms. The number of anilines is 1. The molecule has 1 heterocycles. The molecule has 1 unspecified atom stereocenters. The predicted octanol–water partition coefficient (Wildman–Crippen LogP) is 2.99. The van der Waals surface area contributed by atoms with Crippen LogP contribution >= 0.6 is 11.3 Å². The summed E-state index contributed by atoms with van der Waals surface area (Å²) in [6.45, 7) is 5.68. The second-order valence-electron chi connectivity index (χ2n) is 4.86. The van der Waals surface area contributed by atoms with E-state index in [1.807, 2.05) is 39.0 Å². The number of nitrogens with one attached hydrogen (secondary N) is 1. The number of nitrogens with zero attached hydrogens (tertiary/aromatic N) is 1. The molecule has 0 spiro atoms. The molecule has 4 nitrogen and oxygen atoms in total. The van der Waals surface area contributed by atoms with Gasteiger partial charge in [0, 0.05) is 11.1 Å². The van der Waals surface area contributed by atoms with Crippen molar-refractivity contribution < 1.29 is 9.90 Å². The predicted molar refractivity (Wildman–Crippen MR) is 81.0 cm³/mol. The Hall–Kier alpha value is -1.72. The summed E-state index contributed by atoms with van der Waals surface area (Å²) >= 11 is 1.40. The molecule has 0 aliphatic rings. The van der Waals surface area contributed by atoms with Crippen LogP contribution in [0.15, 0.2) is 23.6 Å². The van der Waals surface area contributed by atoms with Crippen LogP contribution in [-0.2, 0) is 11.4 Å². The Morgan fingerprint density at radius 2 is 2.20 bits per heavy atom. The van der Waals surface area contributed by atoms with Gasteiger partial charge >= 0.3 is 0 Å². The molecule has 2 aromatic rings. The van der Waals surface area contributed by atoms with Crippen molar-refractivity contribution in [2.75, 3.05) is 5.32 Å². The second-order valence-corrected chi connectivity index (χ2v) is 5.75. The summed E-state index contributed by atoms with van der Waals surface area (Å²) in [5.41, 5.74) is 3.58. The van der Waals surface area contributed by atoms with Crippen LogP contribution in [0.4, 0.5) is 5.69 Å². The molecular formula is C15H18N2O2S. The van der Waals surface area contributed by atoms with Gasteiger partial charge in [0.05, 0.1) is 18.2 Å². The highest BCUT2D eigenvalue weighted by Crippen LogP contribution is 2.23. The summed E-state index contributed by atoms with van der Waals surface area (Å²) < 4.78 is 0. The Kier molecular flexibility index (Phi) is 4.52. The number of amides is 1. The molecule has 106 valence electrons. The van der Waals surface area contributed by atoms with Gasteiger partial charge in [0.1, 0.15) is 5.01 Å². The van der Waals surface area contributed by atoms with Gasteiger partial charge in [-0.3, -0.25) is 4.79 Å². The number of hydrogen-bond donors (Lipinski definition) is 2. The van der Waals surface area contributed by atoms with E-state index < -0.39 is 0 Å². The first-order valence-electron chi connectivity index (χ1n) is 6.44. The standard InChI is InChI=1S/C15H18N2O2S/c1-9-4-5-10(2)13(6-9)17-14(19)11(3)15-16-12(7-18)8-20-15/h4-6,8,11,18H,7H2,1-3H3,(H,17,19). The van der Waals surface area contributed by atoms with Gasteiger partial charge in [0.2, 0.25) is 5.91 Å². The van der Waals surface area contributed by atoms with E-state index in [1.165, 1.54) is 11.3 Å². The fourth-order valence-corrected chi connectivity index (χ4v) is 2.68. The van der Waals surface area contributed by atoms with Crippen molar-refractivity contribution in [1.82, 2.24) is 4.98 Å². The number of hydrogen-bond acceptors (Lipinski definition) is 4. The van der Waals surface area contributed by atoms with Crippen LogP contribution in [0.3, 0.4) is 0 Å². The lowest BCUT2D eigenvalue weighted by Gasteiger charge is -2.12. The van der Waals surface area contributed by atoms with Crippen molar-refractivity contribution in [3.63, 3.8) is 0 Å². The van der Waals surface area contributed by atoms with Crippen LogP contribution in [0.1, 0.15) is 34.7 Å². The van der Waals surface area contributed by atoms with E-state index in [-0.39, 0.29) is 18.4 Å². The van der Waals surface area contributed by atoms with Crippen LogP contribution in [0.25, 0.3) is 0 Å². The molecule has 5 heteroatoms. The Labute approximate surface area is 122 Å². The second kappa shape index (κ2) is 6.15. The van der Waals surface area contributed by atoms with E-state index in [0.29, 0.717) is 5.69 Å². The molecule has 2 rings (SSSR count). The number of aliphatic hydroxyl groups is 1. The first kappa shape index (κ1) is 14.7. The maximum absolute atomic E-state index is 12.3. The van der Waals surface area contributed by atoms with E-state index >= 15 is 0 Å². The third-order valence-corrected chi connectivity index (χ3v) is 4.22. The normalized spacial score (nSPS) is 12.2. The Morgan fingerprint density at radius 3 is 2.85 bits per heavy atom. The van der Waals surface area contributed by atoms with Gasteiger partial charge < -0.3 is 10.4 Å². The summed E-state index contributed by atoms with van der Waals surface area (Å²) in [5, 5.41) is 14.5. The first-order chi connectivity index (χ1) is 9.51. The molecule has 2 N–H and O–H groups in total. The lowest BCUT2D eigenvalue weighted by atomic mass is 10.1. The molecule has 0 fully saturated rings. The summed E-state index contributed by atoms with van der Waals surface area (Å²) in [4.78, 5) is 16.5. The van der Waals surface area contributed by atoms with Gasteiger partial charge in [-0.2, -0.15) is 0 Å². The largest absolute Gasteiger partial charge is 0.390 e. The van der Waals surface area contributed by atoms with Gasteiger partial charge in [0.15, 0.2) is 0 Å². The highest BCUT2D eigenvalue weighted by molar-refractivity contribution is 7.09. The number of aromatic nitrogens is 1. The minimum atomic E-state index is -0.333. The van der Waals surface area contributed by atoms with Crippen molar-refractivity contribution in [3.8, 4) is 0 Å². The molecule has 0 radical (unpaired) electrons. The third kappa shape index (κ3) is 3.23. The monoisotopic (exact) mass is 290 g/mol. The quantitative estimate of drug-likeness (QED) is 0.910. The maximum atomic E-state index is 12.3. The smallest absolute Gasteiger partial charge is 0.234 e. The molecule has 1 aromatic carbocycles. The molecule has 0 bridgehead atoms. The van der Waals surface area contributed by atoms with Crippen LogP contribution in [0.2, 0.25) is 0 Å². The average molecular weight is 290 g/mol. The topological polar surface area (TPSA) is 62.2 Å². The fraction of sp³-hybridized carbons (Fsp3) is 0.333. The third-order valence-electron chi connectivity index (χ3n) is 3.15. The molecule has 1 atom stereocenters. The summed E-state index contributed by atoms with van der Waals surface area (Å²) in [7, 11) is 0. The van der Waals surface area contributed by atoms with E-state index in [2.05, 4.69) is 10.3 Å². The molecule has 0 saturated heterocycles. The molecule has 1 aromatic heterocycles. The Morgan fingerprint density at radius 1 is 1.45 bits per heavy atom.